The van der Waals surface area contributed by atoms with Crippen LogP contribution in [0, 0.1) is 5.92 Å². The number of aryl methyl sites for hydroxylation is 2. The molecule has 120 valence electrons. The molecule has 1 atom stereocenters. The van der Waals surface area contributed by atoms with Gasteiger partial charge in [0.1, 0.15) is 0 Å². The first kappa shape index (κ1) is 16.8. The van der Waals surface area contributed by atoms with Crippen LogP contribution < -0.4 is 5.32 Å². The lowest BCUT2D eigenvalue weighted by Crippen LogP contribution is -2.31. The Kier molecular flexibility index (Phi) is 6.52. The lowest BCUT2D eigenvalue weighted by Gasteiger charge is -2.20. The minimum absolute atomic E-state index is 0.672. The van der Waals surface area contributed by atoms with Crippen LogP contribution in [-0.2, 0) is 19.5 Å². The van der Waals surface area contributed by atoms with Gasteiger partial charge in [-0.2, -0.15) is 5.10 Å². The standard InChI is InChI=1S/C16H29ClN4/c1-4-14-16(17)15(21(5-2)19-14)11-18-10-13(3)12-20-8-6-7-9-20/h13,18H,4-12H2,1-3H3. The minimum Gasteiger partial charge on any atom is -0.311 e. The first-order valence-corrected chi connectivity index (χ1v) is 8.70. The molecule has 1 aromatic heterocycles. The molecule has 0 radical (unpaired) electrons. The smallest absolute Gasteiger partial charge is 0.0863 e. The maximum atomic E-state index is 6.43. The van der Waals surface area contributed by atoms with Gasteiger partial charge in [0.2, 0.25) is 0 Å². The van der Waals surface area contributed by atoms with Gasteiger partial charge in [-0.25, -0.2) is 0 Å². The van der Waals surface area contributed by atoms with Gasteiger partial charge in [0.05, 0.1) is 16.4 Å². The SMILES string of the molecule is CCc1nn(CC)c(CNCC(C)CN2CCCC2)c1Cl. The monoisotopic (exact) mass is 312 g/mol. The zero-order valence-corrected chi connectivity index (χ0v) is 14.4. The number of nitrogens with one attached hydrogen (secondary N) is 1. The number of likely N-dealkylation sites (tertiary alicyclic amines) is 1. The number of nitrogens with zero attached hydrogens (tertiary/aromatic N) is 3. The fraction of sp³-hybridized carbons (Fsp3) is 0.812. The van der Waals surface area contributed by atoms with Crippen LogP contribution in [0.15, 0.2) is 0 Å². The van der Waals surface area contributed by atoms with E-state index < -0.39 is 0 Å². The van der Waals surface area contributed by atoms with Crippen LogP contribution in [0.4, 0.5) is 0 Å². The molecule has 0 spiro atoms. The van der Waals surface area contributed by atoms with Gasteiger partial charge in [-0.3, -0.25) is 4.68 Å². The lowest BCUT2D eigenvalue weighted by molar-refractivity contribution is 0.282. The zero-order valence-electron chi connectivity index (χ0n) is 13.7. The summed E-state index contributed by atoms with van der Waals surface area (Å²) in [6.07, 6.45) is 3.63. The molecule has 1 saturated heterocycles. The van der Waals surface area contributed by atoms with Gasteiger partial charge >= 0.3 is 0 Å². The maximum absolute atomic E-state index is 6.43. The fourth-order valence-corrected chi connectivity index (χ4v) is 3.43. The van der Waals surface area contributed by atoms with E-state index in [4.69, 9.17) is 11.6 Å². The summed E-state index contributed by atoms with van der Waals surface area (Å²) in [5, 5.41) is 8.97. The Morgan fingerprint density at radius 1 is 1.29 bits per heavy atom. The Bertz CT molecular complexity index is 438. The third-order valence-corrected chi connectivity index (χ3v) is 4.68. The second kappa shape index (κ2) is 8.16. The minimum atomic E-state index is 0.672. The summed E-state index contributed by atoms with van der Waals surface area (Å²) in [6.45, 7) is 13.0. The van der Waals surface area contributed by atoms with Crippen molar-refractivity contribution >= 4 is 11.6 Å². The number of hydrogen-bond acceptors (Lipinski definition) is 3. The van der Waals surface area contributed by atoms with Crippen LogP contribution >= 0.6 is 11.6 Å². The van der Waals surface area contributed by atoms with Crippen LogP contribution in [0.1, 0.15) is 45.0 Å². The third kappa shape index (κ3) is 4.44. The van der Waals surface area contributed by atoms with Gasteiger partial charge in [0, 0.05) is 19.6 Å². The van der Waals surface area contributed by atoms with Gasteiger partial charge in [0.25, 0.3) is 0 Å². The van der Waals surface area contributed by atoms with Crippen LogP contribution in [0.25, 0.3) is 0 Å². The number of aromatic nitrogens is 2. The predicted octanol–water partition coefficient (Wildman–Crippen LogP) is 2.94. The maximum Gasteiger partial charge on any atom is 0.0863 e. The Balaban J connectivity index is 1.81. The molecule has 1 aliphatic heterocycles. The van der Waals surface area contributed by atoms with Gasteiger partial charge in [-0.15, -0.1) is 0 Å². The van der Waals surface area contributed by atoms with E-state index in [1.54, 1.807) is 0 Å². The summed E-state index contributed by atoms with van der Waals surface area (Å²) in [5.41, 5.74) is 2.14. The molecule has 0 amide bonds. The molecule has 1 fully saturated rings. The van der Waals surface area contributed by atoms with Crippen molar-refractivity contribution in [2.24, 2.45) is 5.92 Å². The average molecular weight is 313 g/mol. The van der Waals surface area contributed by atoms with E-state index in [9.17, 15) is 0 Å². The highest BCUT2D eigenvalue weighted by molar-refractivity contribution is 6.31. The van der Waals surface area contributed by atoms with Crippen LogP contribution in [0.3, 0.4) is 0 Å². The summed E-state index contributed by atoms with van der Waals surface area (Å²) in [4.78, 5) is 2.57. The van der Waals surface area contributed by atoms with Crippen molar-refractivity contribution in [1.29, 1.82) is 0 Å². The molecule has 0 bridgehead atoms. The highest BCUT2D eigenvalue weighted by Crippen LogP contribution is 2.21. The molecule has 0 aliphatic carbocycles. The van der Waals surface area contributed by atoms with Crippen molar-refractivity contribution in [2.45, 2.75) is 53.1 Å². The third-order valence-electron chi connectivity index (χ3n) is 4.25. The van der Waals surface area contributed by atoms with Crippen molar-refractivity contribution in [3.8, 4) is 0 Å². The summed E-state index contributed by atoms with van der Waals surface area (Å²) in [7, 11) is 0. The number of rotatable bonds is 8. The Hall–Kier alpha value is -0.580. The molecular formula is C16H29ClN4. The fourth-order valence-electron chi connectivity index (χ4n) is 3.09. The van der Waals surface area contributed by atoms with Crippen LogP contribution in [0.5, 0.6) is 0 Å². The molecule has 4 nitrogen and oxygen atoms in total. The van der Waals surface area contributed by atoms with E-state index in [1.165, 1.54) is 32.5 Å². The second-order valence-corrected chi connectivity index (χ2v) is 6.50. The molecule has 0 aromatic carbocycles. The van der Waals surface area contributed by atoms with Crippen molar-refractivity contribution in [3.05, 3.63) is 16.4 Å². The quantitative estimate of drug-likeness (QED) is 0.801. The van der Waals surface area contributed by atoms with E-state index in [-0.39, 0.29) is 0 Å². The second-order valence-electron chi connectivity index (χ2n) is 6.12. The predicted molar refractivity (Wildman–Crippen MR) is 88.8 cm³/mol. The van der Waals surface area contributed by atoms with Crippen molar-refractivity contribution < 1.29 is 0 Å². The molecule has 21 heavy (non-hydrogen) atoms. The van der Waals surface area contributed by atoms with Crippen LogP contribution in [-0.4, -0.2) is 40.9 Å². The van der Waals surface area contributed by atoms with E-state index in [1.807, 2.05) is 4.68 Å². The number of halogens is 1. The highest BCUT2D eigenvalue weighted by atomic mass is 35.5. The van der Waals surface area contributed by atoms with E-state index in [0.29, 0.717) is 5.92 Å². The van der Waals surface area contributed by atoms with Gasteiger partial charge in [-0.1, -0.05) is 25.4 Å². The van der Waals surface area contributed by atoms with Crippen molar-refractivity contribution in [1.82, 2.24) is 20.0 Å². The first-order valence-electron chi connectivity index (χ1n) is 8.32. The molecule has 5 heteroatoms. The van der Waals surface area contributed by atoms with Crippen LogP contribution in [0.2, 0.25) is 5.02 Å². The van der Waals surface area contributed by atoms with E-state index in [2.05, 4.69) is 36.1 Å². The normalized spacial score (nSPS) is 17.5. The molecule has 1 aromatic rings. The van der Waals surface area contributed by atoms with E-state index >= 15 is 0 Å². The topological polar surface area (TPSA) is 33.1 Å². The summed E-state index contributed by atoms with van der Waals surface area (Å²) in [5.74, 6) is 0.672. The van der Waals surface area contributed by atoms with E-state index in [0.717, 1.165) is 42.5 Å². The molecular weight excluding hydrogens is 284 g/mol. The van der Waals surface area contributed by atoms with Gasteiger partial charge in [-0.05, 0) is 51.7 Å². The molecule has 2 rings (SSSR count). The molecule has 2 heterocycles. The molecule has 1 unspecified atom stereocenters. The Labute approximate surface area is 133 Å². The average Bonchev–Trinajstić information content (AvgIpc) is 3.08. The largest absolute Gasteiger partial charge is 0.311 e. The Morgan fingerprint density at radius 2 is 2.00 bits per heavy atom. The Morgan fingerprint density at radius 3 is 2.62 bits per heavy atom. The van der Waals surface area contributed by atoms with Crippen molar-refractivity contribution in [2.75, 3.05) is 26.2 Å². The van der Waals surface area contributed by atoms with Gasteiger partial charge in [0.15, 0.2) is 0 Å². The highest BCUT2D eigenvalue weighted by Gasteiger charge is 2.16. The number of hydrogen-bond donors (Lipinski definition) is 1. The lowest BCUT2D eigenvalue weighted by atomic mass is 10.1. The summed E-state index contributed by atoms with van der Waals surface area (Å²) >= 11 is 6.43. The summed E-state index contributed by atoms with van der Waals surface area (Å²) < 4.78 is 2.03. The zero-order chi connectivity index (χ0) is 15.2. The molecule has 1 aliphatic rings. The molecule has 1 N–H and O–H groups in total. The molecule has 0 saturated carbocycles. The van der Waals surface area contributed by atoms with Crippen molar-refractivity contribution in [3.63, 3.8) is 0 Å². The first-order chi connectivity index (χ1) is 10.2. The summed E-state index contributed by atoms with van der Waals surface area (Å²) in [6, 6.07) is 0. The van der Waals surface area contributed by atoms with Gasteiger partial charge < -0.3 is 10.2 Å².